The third-order valence-corrected chi connectivity index (χ3v) is 3.90. The molecule has 0 radical (unpaired) electrons. The van der Waals surface area contributed by atoms with E-state index >= 15 is 0 Å². The number of fused-ring (bicyclic) bond motifs is 1. The standard InChI is InChI=1S/C14H20ClN/c1-11(9-15)16-10-13-7-4-6-12-5-2-3-8-14(12)13/h2-3,5,8,11,13,16H,4,6-7,9-10H2,1H3. The third-order valence-electron chi connectivity index (χ3n) is 3.44. The number of hydrogen-bond acceptors (Lipinski definition) is 1. The average molecular weight is 238 g/mol. The molecule has 0 aromatic heterocycles. The maximum absolute atomic E-state index is 5.81. The first-order chi connectivity index (χ1) is 7.81. The van der Waals surface area contributed by atoms with Gasteiger partial charge in [0, 0.05) is 18.5 Å². The molecule has 2 heteroatoms. The van der Waals surface area contributed by atoms with Crippen LogP contribution in [0, 0.1) is 0 Å². The van der Waals surface area contributed by atoms with Crippen LogP contribution in [-0.4, -0.2) is 18.5 Å². The Hall–Kier alpha value is -0.530. The molecule has 0 heterocycles. The molecule has 2 atom stereocenters. The first kappa shape index (κ1) is 11.9. The minimum atomic E-state index is 0.413. The third kappa shape index (κ3) is 2.78. The van der Waals surface area contributed by atoms with Crippen LogP contribution >= 0.6 is 11.6 Å². The summed E-state index contributed by atoms with van der Waals surface area (Å²) in [5.74, 6) is 1.37. The molecule has 1 N–H and O–H groups in total. The lowest BCUT2D eigenvalue weighted by Crippen LogP contribution is -2.32. The fourth-order valence-corrected chi connectivity index (χ4v) is 2.57. The van der Waals surface area contributed by atoms with Gasteiger partial charge in [0.2, 0.25) is 0 Å². The summed E-state index contributed by atoms with van der Waals surface area (Å²) in [6, 6.07) is 9.27. The molecule has 0 saturated carbocycles. The largest absolute Gasteiger partial charge is 0.312 e. The summed E-state index contributed by atoms with van der Waals surface area (Å²) in [6.45, 7) is 3.20. The summed E-state index contributed by atoms with van der Waals surface area (Å²) in [5, 5.41) is 3.51. The van der Waals surface area contributed by atoms with Crippen molar-refractivity contribution in [3.63, 3.8) is 0 Å². The van der Waals surface area contributed by atoms with Crippen molar-refractivity contribution < 1.29 is 0 Å². The van der Waals surface area contributed by atoms with Gasteiger partial charge in [-0.3, -0.25) is 0 Å². The van der Waals surface area contributed by atoms with Crippen LogP contribution < -0.4 is 5.32 Å². The molecule has 0 aliphatic heterocycles. The summed E-state index contributed by atoms with van der Waals surface area (Å²) >= 11 is 5.81. The molecule has 0 saturated heterocycles. The Morgan fingerprint density at radius 1 is 1.44 bits per heavy atom. The summed E-state index contributed by atoms with van der Waals surface area (Å²) in [6.07, 6.45) is 3.87. The van der Waals surface area contributed by atoms with Gasteiger partial charge in [-0.05, 0) is 43.2 Å². The fourth-order valence-electron chi connectivity index (χ4n) is 2.46. The van der Waals surface area contributed by atoms with Crippen LogP contribution in [-0.2, 0) is 6.42 Å². The fraction of sp³-hybridized carbons (Fsp3) is 0.571. The monoisotopic (exact) mass is 237 g/mol. The van der Waals surface area contributed by atoms with E-state index < -0.39 is 0 Å². The molecule has 16 heavy (non-hydrogen) atoms. The topological polar surface area (TPSA) is 12.0 Å². The maximum atomic E-state index is 5.81. The molecule has 1 aliphatic carbocycles. The molecule has 0 bridgehead atoms. The Kier molecular flexibility index (Phi) is 4.25. The lowest BCUT2D eigenvalue weighted by atomic mass is 9.83. The minimum absolute atomic E-state index is 0.413. The zero-order valence-electron chi connectivity index (χ0n) is 9.88. The normalized spacial score (nSPS) is 21.5. The van der Waals surface area contributed by atoms with Gasteiger partial charge in [0.05, 0.1) is 0 Å². The van der Waals surface area contributed by atoms with Crippen LogP contribution in [0.15, 0.2) is 24.3 Å². The van der Waals surface area contributed by atoms with Crippen LogP contribution in [0.3, 0.4) is 0 Å². The Labute approximate surface area is 103 Å². The maximum Gasteiger partial charge on any atom is 0.0374 e. The summed E-state index contributed by atoms with van der Waals surface area (Å²) < 4.78 is 0. The molecule has 1 aromatic rings. The predicted octanol–water partition coefficient (Wildman–Crippen LogP) is 3.32. The first-order valence-electron chi connectivity index (χ1n) is 6.18. The lowest BCUT2D eigenvalue weighted by molar-refractivity contribution is 0.481. The lowest BCUT2D eigenvalue weighted by Gasteiger charge is -2.26. The van der Waals surface area contributed by atoms with E-state index in [1.807, 2.05) is 0 Å². The van der Waals surface area contributed by atoms with Crippen molar-refractivity contribution in [1.82, 2.24) is 5.32 Å². The van der Waals surface area contributed by atoms with E-state index in [-0.39, 0.29) is 0 Å². The Balaban J connectivity index is 2.01. The molecule has 88 valence electrons. The molecular formula is C14H20ClN. The van der Waals surface area contributed by atoms with Gasteiger partial charge in [-0.15, -0.1) is 11.6 Å². The summed E-state index contributed by atoms with van der Waals surface area (Å²) in [5.41, 5.74) is 3.09. The molecule has 0 spiro atoms. The van der Waals surface area contributed by atoms with Gasteiger partial charge in [-0.1, -0.05) is 24.3 Å². The zero-order chi connectivity index (χ0) is 11.4. The van der Waals surface area contributed by atoms with Gasteiger partial charge < -0.3 is 5.32 Å². The Morgan fingerprint density at radius 3 is 3.06 bits per heavy atom. The van der Waals surface area contributed by atoms with E-state index in [1.54, 1.807) is 11.1 Å². The molecule has 2 rings (SSSR count). The van der Waals surface area contributed by atoms with Crippen molar-refractivity contribution >= 4 is 11.6 Å². The van der Waals surface area contributed by atoms with Gasteiger partial charge in [-0.2, -0.15) is 0 Å². The SMILES string of the molecule is CC(CCl)NCC1CCCc2ccccc21. The van der Waals surface area contributed by atoms with Crippen molar-refractivity contribution in [3.05, 3.63) is 35.4 Å². The highest BCUT2D eigenvalue weighted by atomic mass is 35.5. The second kappa shape index (κ2) is 5.70. The number of rotatable bonds is 4. The number of hydrogen-bond donors (Lipinski definition) is 1. The van der Waals surface area contributed by atoms with Crippen molar-refractivity contribution in [2.45, 2.75) is 38.1 Å². The molecule has 1 aromatic carbocycles. The number of aryl methyl sites for hydroxylation is 1. The van der Waals surface area contributed by atoms with E-state index in [2.05, 4.69) is 36.5 Å². The van der Waals surface area contributed by atoms with E-state index in [1.165, 1.54) is 19.3 Å². The highest BCUT2D eigenvalue weighted by molar-refractivity contribution is 6.18. The van der Waals surface area contributed by atoms with Crippen molar-refractivity contribution in [3.8, 4) is 0 Å². The van der Waals surface area contributed by atoms with Crippen molar-refractivity contribution in [1.29, 1.82) is 0 Å². The van der Waals surface area contributed by atoms with Crippen LogP contribution in [0.2, 0.25) is 0 Å². The van der Waals surface area contributed by atoms with Crippen molar-refractivity contribution in [2.24, 2.45) is 0 Å². The van der Waals surface area contributed by atoms with Gasteiger partial charge in [0.25, 0.3) is 0 Å². The second-order valence-corrected chi connectivity index (χ2v) is 5.06. The summed E-state index contributed by atoms with van der Waals surface area (Å²) in [7, 11) is 0. The van der Waals surface area contributed by atoms with Crippen LogP contribution in [0.1, 0.15) is 36.8 Å². The van der Waals surface area contributed by atoms with Gasteiger partial charge in [0.1, 0.15) is 0 Å². The number of benzene rings is 1. The van der Waals surface area contributed by atoms with Gasteiger partial charge in [0.15, 0.2) is 0 Å². The van der Waals surface area contributed by atoms with Gasteiger partial charge >= 0.3 is 0 Å². The zero-order valence-corrected chi connectivity index (χ0v) is 10.6. The van der Waals surface area contributed by atoms with E-state index in [4.69, 9.17) is 11.6 Å². The molecular weight excluding hydrogens is 218 g/mol. The highest BCUT2D eigenvalue weighted by Crippen LogP contribution is 2.30. The van der Waals surface area contributed by atoms with Crippen molar-refractivity contribution in [2.75, 3.05) is 12.4 Å². The van der Waals surface area contributed by atoms with Crippen LogP contribution in [0.5, 0.6) is 0 Å². The van der Waals surface area contributed by atoms with Gasteiger partial charge in [-0.25, -0.2) is 0 Å². The molecule has 2 unspecified atom stereocenters. The van der Waals surface area contributed by atoms with E-state index in [0.29, 0.717) is 17.8 Å². The molecule has 1 nitrogen and oxygen atoms in total. The molecule has 0 fully saturated rings. The van der Waals surface area contributed by atoms with Crippen LogP contribution in [0.25, 0.3) is 0 Å². The van der Waals surface area contributed by atoms with Crippen LogP contribution in [0.4, 0.5) is 0 Å². The highest BCUT2D eigenvalue weighted by Gasteiger charge is 2.19. The molecule has 1 aliphatic rings. The van der Waals surface area contributed by atoms with E-state index in [0.717, 1.165) is 6.54 Å². The Bertz CT molecular complexity index is 337. The first-order valence-corrected chi connectivity index (χ1v) is 6.72. The quantitative estimate of drug-likeness (QED) is 0.793. The Morgan fingerprint density at radius 2 is 2.25 bits per heavy atom. The summed E-state index contributed by atoms with van der Waals surface area (Å²) in [4.78, 5) is 0. The number of halogens is 1. The minimum Gasteiger partial charge on any atom is -0.312 e. The second-order valence-electron chi connectivity index (χ2n) is 4.75. The average Bonchev–Trinajstić information content (AvgIpc) is 2.35. The number of alkyl halides is 1. The number of nitrogens with one attached hydrogen (secondary N) is 1. The van der Waals surface area contributed by atoms with E-state index in [9.17, 15) is 0 Å². The molecule has 0 amide bonds. The smallest absolute Gasteiger partial charge is 0.0374 e. The predicted molar refractivity (Wildman–Crippen MR) is 70.3 cm³/mol.